The molecule has 80 valence electrons. The molecule has 14 heavy (non-hydrogen) atoms. The van der Waals surface area contributed by atoms with Crippen molar-refractivity contribution in [3.05, 3.63) is 24.8 Å². The second-order valence-electron chi connectivity index (χ2n) is 3.86. The Morgan fingerprint density at radius 2 is 1.43 bits per heavy atom. The van der Waals surface area contributed by atoms with Crippen LogP contribution in [0.3, 0.4) is 0 Å². The van der Waals surface area contributed by atoms with E-state index in [2.05, 4.69) is 13.0 Å². The van der Waals surface area contributed by atoms with Crippen molar-refractivity contribution < 1.29 is 0 Å². The molecular weight excluding hydrogens is 168 g/mol. The maximum absolute atomic E-state index is 6.80. The third-order valence-electron chi connectivity index (χ3n) is 2.46. The van der Waals surface area contributed by atoms with Gasteiger partial charge in [0.05, 0.1) is 0 Å². The summed E-state index contributed by atoms with van der Waals surface area (Å²) in [5.41, 5.74) is 0. The molecule has 0 N–H and O–H groups in total. The van der Waals surface area contributed by atoms with Crippen molar-refractivity contribution in [1.29, 1.82) is 0 Å². The predicted molar refractivity (Wildman–Crippen MR) is 64.2 cm³/mol. The molecular formula is C14H24. The third-order valence-corrected chi connectivity index (χ3v) is 2.46. The standard InChI is InChI=1S/C14H24/c1-3-5-7-9-11-13-14-12-10-8-6-4-2/h4,6,8H,3,5,7,9-14H2,1H3. The molecule has 0 bridgehead atoms. The number of rotatable bonds is 10. The highest BCUT2D eigenvalue weighted by atomic mass is 14.0. The zero-order valence-corrected chi connectivity index (χ0v) is 9.60. The molecule has 0 aromatic carbocycles. The van der Waals surface area contributed by atoms with E-state index in [-0.39, 0.29) is 0 Å². The van der Waals surface area contributed by atoms with Crippen molar-refractivity contribution in [2.75, 3.05) is 0 Å². The van der Waals surface area contributed by atoms with Gasteiger partial charge in [-0.3, -0.25) is 0 Å². The molecule has 0 saturated carbocycles. The summed E-state index contributed by atoms with van der Waals surface area (Å²) in [7, 11) is 0. The quantitative estimate of drug-likeness (QED) is 0.340. The monoisotopic (exact) mass is 192 g/mol. The lowest BCUT2D eigenvalue weighted by molar-refractivity contribution is 0.577. The van der Waals surface area contributed by atoms with Gasteiger partial charge in [0.2, 0.25) is 0 Å². The first-order chi connectivity index (χ1) is 6.91. The van der Waals surface area contributed by atoms with Gasteiger partial charge in [-0.25, -0.2) is 0 Å². The lowest BCUT2D eigenvalue weighted by Crippen LogP contribution is -1.79. The van der Waals surface area contributed by atoms with Crippen LogP contribution in [0.15, 0.2) is 18.2 Å². The largest absolute Gasteiger partial charge is 0.0845 e. The van der Waals surface area contributed by atoms with Crippen LogP contribution in [0.4, 0.5) is 0 Å². The molecule has 0 atom stereocenters. The minimum absolute atomic E-state index is 1.14. The van der Waals surface area contributed by atoms with Crippen LogP contribution >= 0.6 is 0 Å². The molecule has 0 heteroatoms. The molecule has 2 radical (unpaired) electrons. The fourth-order valence-electron chi connectivity index (χ4n) is 1.56. The highest BCUT2D eigenvalue weighted by Crippen LogP contribution is 2.09. The molecule has 0 nitrogen and oxygen atoms in total. The van der Waals surface area contributed by atoms with Gasteiger partial charge in [0.25, 0.3) is 0 Å². The number of unbranched alkanes of at least 4 members (excludes halogenated alkanes) is 8. The Morgan fingerprint density at radius 3 is 2.00 bits per heavy atom. The second kappa shape index (κ2) is 12.5. The van der Waals surface area contributed by atoms with E-state index < -0.39 is 0 Å². The van der Waals surface area contributed by atoms with E-state index >= 15 is 0 Å². The Labute approximate surface area is 90.1 Å². The molecule has 0 saturated heterocycles. The summed E-state index contributed by atoms with van der Waals surface area (Å²) < 4.78 is 0. The zero-order chi connectivity index (χ0) is 10.5. The summed E-state index contributed by atoms with van der Waals surface area (Å²) in [5.74, 6) is 0. The average Bonchev–Trinajstić information content (AvgIpc) is 2.21. The first-order valence-corrected chi connectivity index (χ1v) is 6.07. The Kier molecular flexibility index (Phi) is 12.0. The fourth-order valence-corrected chi connectivity index (χ4v) is 1.56. The Morgan fingerprint density at radius 1 is 0.857 bits per heavy atom. The van der Waals surface area contributed by atoms with Crippen LogP contribution in [-0.2, 0) is 0 Å². The average molecular weight is 192 g/mol. The minimum atomic E-state index is 1.14. The molecule has 0 amide bonds. The van der Waals surface area contributed by atoms with Crippen molar-refractivity contribution in [1.82, 2.24) is 0 Å². The normalized spacial score (nSPS) is 10.9. The molecule has 0 aromatic rings. The second-order valence-corrected chi connectivity index (χ2v) is 3.86. The van der Waals surface area contributed by atoms with Crippen LogP contribution in [0.2, 0.25) is 0 Å². The van der Waals surface area contributed by atoms with Gasteiger partial charge in [0.1, 0.15) is 0 Å². The van der Waals surface area contributed by atoms with Gasteiger partial charge < -0.3 is 0 Å². The number of hydrogen-bond donors (Lipinski definition) is 0. The predicted octanol–water partition coefficient (Wildman–Crippen LogP) is 4.94. The van der Waals surface area contributed by atoms with Crippen LogP contribution < -0.4 is 0 Å². The summed E-state index contributed by atoms with van der Waals surface area (Å²) in [6, 6.07) is 0. The zero-order valence-electron chi connectivity index (χ0n) is 9.60. The molecule has 0 aliphatic rings. The van der Waals surface area contributed by atoms with Gasteiger partial charge in [-0.2, -0.15) is 0 Å². The van der Waals surface area contributed by atoms with E-state index in [1.807, 2.05) is 6.08 Å². The van der Waals surface area contributed by atoms with E-state index in [9.17, 15) is 0 Å². The molecule has 0 fully saturated rings. The number of hydrogen-bond acceptors (Lipinski definition) is 0. The van der Waals surface area contributed by atoms with Crippen molar-refractivity contribution in [3.8, 4) is 0 Å². The van der Waals surface area contributed by atoms with Crippen molar-refractivity contribution in [3.63, 3.8) is 0 Å². The van der Waals surface area contributed by atoms with E-state index in [1.54, 1.807) is 0 Å². The molecule has 0 rings (SSSR count). The van der Waals surface area contributed by atoms with E-state index in [0.717, 1.165) is 6.42 Å². The minimum Gasteiger partial charge on any atom is -0.0845 e. The van der Waals surface area contributed by atoms with Gasteiger partial charge in [-0.1, -0.05) is 70.1 Å². The van der Waals surface area contributed by atoms with Crippen molar-refractivity contribution in [2.45, 2.75) is 64.7 Å². The van der Waals surface area contributed by atoms with Gasteiger partial charge >= 0.3 is 0 Å². The van der Waals surface area contributed by atoms with E-state index in [4.69, 9.17) is 6.58 Å². The molecule has 0 aliphatic heterocycles. The van der Waals surface area contributed by atoms with E-state index in [1.165, 1.54) is 57.4 Å². The summed E-state index contributed by atoms with van der Waals surface area (Å²) in [6.07, 6.45) is 17.4. The van der Waals surface area contributed by atoms with Gasteiger partial charge in [-0.05, 0) is 19.4 Å². The summed E-state index contributed by atoms with van der Waals surface area (Å²) in [5, 5.41) is 0. The summed E-state index contributed by atoms with van der Waals surface area (Å²) in [4.78, 5) is 0. The summed E-state index contributed by atoms with van der Waals surface area (Å²) in [6.45, 7) is 9.06. The van der Waals surface area contributed by atoms with Crippen molar-refractivity contribution >= 4 is 0 Å². The van der Waals surface area contributed by atoms with Crippen LogP contribution in [0.1, 0.15) is 64.7 Å². The Balaban J connectivity index is 2.91. The molecule has 0 heterocycles. The molecule has 0 aliphatic carbocycles. The first-order valence-electron chi connectivity index (χ1n) is 6.07. The number of allylic oxidation sites excluding steroid dienone is 3. The lowest BCUT2D eigenvalue weighted by Gasteiger charge is -1.99. The Hall–Kier alpha value is -0.520. The SMILES string of the molecule is [C]=CC=CCCCCCCCCCC. The van der Waals surface area contributed by atoms with Crippen LogP contribution in [0.5, 0.6) is 0 Å². The first kappa shape index (κ1) is 13.5. The van der Waals surface area contributed by atoms with Crippen LogP contribution in [-0.4, -0.2) is 0 Å². The highest BCUT2D eigenvalue weighted by molar-refractivity contribution is 4.95. The highest BCUT2D eigenvalue weighted by Gasteiger charge is 1.89. The van der Waals surface area contributed by atoms with Gasteiger partial charge in [0.15, 0.2) is 0 Å². The molecule has 0 aromatic heterocycles. The lowest BCUT2D eigenvalue weighted by atomic mass is 10.1. The fraction of sp³-hybridized carbons (Fsp3) is 0.714. The third kappa shape index (κ3) is 11.5. The molecule has 0 spiro atoms. The maximum atomic E-state index is 6.80. The van der Waals surface area contributed by atoms with Crippen molar-refractivity contribution in [2.24, 2.45) is 0 Å². The Bertz CT molecular complexity index is 133. The maximum Gasteiger partial charge on any atom is -0.00991 e. The van der Waals surface area contributed by atoms with Gasteiger partial charge in [-0.15, -0.1) is 0 Å². The smallest absolute Gasteiger partial charge is 0.00991 e. The van der Waals surface area contributed by atoms with Gasteiger partial charge in [0, 0.05) is 0 Å². The summed E-state index contributed by atoms with van der Waals surface area (Å²) >= 11 is 0. The van der Waals surface area contributed by atoms with Crippen LogP contribution in [0.25, 0.3) is 0 Å². The van der Waals surface area contributed by atoms with Crippen LogP contribution in [0, 0.1) is 6.58 Å². The molecule has 0 unspecified atom stereocenters. The van der Waals surface area contributed by atoms with E-state index in [0.29, 0.717) is 0 Å². The topological polar surface area (TPSA) is 0 Å².